The number of pyridine rings is 1. The standard InChI is InChI=1S/C23H24N6O2/c1-14-2-3-17(11-26-14)19-27-21(31-29-19)22-7-15-6-16(8-22)10-23(9-15,13-22)28-20(30)18-12-24-4-5-25-18/h2-5,11-12,15-16H,6-10,13H2,1H3,(H,28,30). The lowest BCUT2D eigenvalue weighted by Crippen LogP contribution is -2.64. The molecule has 4 saturated carbocycles. The van der Waals surface area contributed by atoms with Gasteiger partial charge < -0.3 is 9.84 Å². The van der Waals surface area contributed by atoms with Crippen LogP contribution in [-0.2, 0) is 5.41 Å². The summed E-state index contributed by atoms with van der Waals surface area (Å²) in [6, 6.07) is 3.92. The lowest BCUT2D eigenvalue weighted by Gasteiger charge is -2.60. The number of nitrogens with zero attached hydrogens (tertiary/aromatic N) is 5. The Bertz CT molecular complexity index is 1110. The third-order valence-corrected chi connectivity index (χ3v) is 7.28. The van der Waals surface area contributed by atoms with Crippen LogP contribution in [-0.4, -0.2) is 36.5 Å². The van der Waals surface area contributed by atoms with Crippen LogP contribution < -0.4 is 5.32 Å². The van der Waals surface area contributed by atoms with Gasteiger partial charge in [-0.25, -0.2) is 4.98 Å². The third-order valence-electron chi connectivity index (χ3n) is 7.28. The van der Waals surface area contributed by atoms with Crippen LogP contribution in [0.5, 0.6) is 0 Å². The van der Waals surface area contributed by atoms with Crippen LogP contribution in [0.25, 0.3) is 11.4 Å². The largest absolute Gasteiger partial charge is 0.345 e. The molecule has 8 nitrogen and oxygen atoms in total. The highest BCUT2D eigenvalue weighted by Crippen LogP contribution is 2.62. The molecule has 3 heterocycles. The maximum atomic E-state index is 12.9. The summed E-state index contributed by atoms with van der Waals surface area (Å²) in [7, 11) is 0. The Morgan fingerprint density at radius 3 is 2.65 bits per heavy atom. The monoisotopic (exact) mass is 416 g/mol. The van der Waals surface area contributed by atoms with Crippen molar-refractivity contribution in [1.82, 2.24) is 30.4 Å². The first-order valence-electron chi connectivity index (χ1n) is 10.9. The Balaban J connectivity index is 1.31. The highest BCUT2D eigenvalue weighted by Gasteiger charge is 2.61. The number of rotatable bonds is 4. The Hall–Kier alpha value is -3.16. The highest BCUT2D eigenvalue weighted by atomic mass is 16.5. The first kappa shape index (κ1) is 18.6. The SMILES string of the molecule is Cc1ccc(-c2noc(C34CC5CC(CC(NC(=O)c6cnccn6)(C5)C3)C4)n2)cn1. The summed E-state index contributed by atoms with van der Waals surface area (Å²) in [4.78, 5) is 30.3. The zero-order valence-electron chi connectivity index (χ0n) is 17.4. The van der Waals surface area contributed by atoms with Gasteiger partial charge >= 0.3 is 0 Å². The molecular weight excluding hydrogens is 392 g/mol. The summed E-state index contributed by atoms with van der Waals surface area (Å²) in [6.45, 7) is 1.95. The summed E-state index contributed by atoms with van der Waals surface area (Å²) in [5, 5.41) is 7.61. The van der Waals surface area contributed by atoms with Crippen LogP contribution in [0.4, 0.5) is 0 Å². The van der Waals surface area contributed by atoms with Gasteiger partial charge in [-0.1, -0.05) is 5.16 Å². The molecule has 2 unspecified atom stereocenters. The number of aryl methyl sites for hydroxylation is 1. The highest BCUT2D eigenvalue weighted by molar-refractivity contribution is 5.92. The number of aromatic nitrogens is 5. The summed E-state index contributed by atoms with van der Waals surface area (Å²) >= 11 is 0. The fourth-order valence-corrected chi connectivity index (χ4v) is 6.54. The summed E-state index contributed by atoms with van der Waals surface area (Å²) in [5.41, 5.74) is 1.74. The second-order valence-corrected chi connectivity index (χ2v) is 9.68. The molecule has 0 aliphatic heterocycles. The van der Waals surface area contributed by atoms with Crippen LogP contribution in [0.3, 0.4) is 0 Å². The summed E-state index contributed by atoms with van der Waals surface area (Å²) in [6.07, 6.45) is 12.6. The Morgan fingerprint density at radius 1 is 1.10 bits per heavy atom. The first-order chi connectivity index (χ1) is 15.0. The lowest BCUT2D eigenvalue weighted by molar-refractivity contribution is -0.0489. The fraction of sp³-hybridized carbons (Fsp3) is 0.478. The van der Waals surface area contributed by atoms with Crippen LogP contribution in [0.15, 0.2) is 41.4 Å². The van der Waals surface area contributed by atoms with E-state index in [4.69, 9.17) is 9.51 Å². The second-order valence-electron chi connectivity index (χ2n) is 9.68. The molecule has 4 bridgehead atoms. The van der Waals surface area contributed by atoms with Crippen LogP contribution >= 0.6 is 0 Å². The topological polar surface area (TPSA) is 107 Å². The predicted molar refractivity (Wildman–Crippen MR) is 111 cm³/mol. The average Bonchev–Trinajstić information content (AvgIpc) is 3.25. The van der Waals surface area contributed by atoms with Gasteiger partial charge in [-0.15, -0.1) is 0 Å². The van der Waals surface area contributed by atoms with E-state index in [1.165, 1.54) is 12.6 Å². The zero-order chi connectivity index (χ0) is 21.1. The van der Waals surface area contributed by atoms with Gasteiger partial charge in [0.15, 0.2) is 0 Å². The van der Waals surface area contributed by atoms with Crippen molar-refractivity contribution in [3.05, 3.63) is 54.2 Å². The molecule has 3 aromatic heterocycles. The minimum Gasteiger partial charge on any atom is -0.345 e. The van der Waals surface area contributed by atoms with E-state index in [-0.39, 0.29) is 16.9 Å². The van der Waals surface area contributed by atoms with Crippen molar-refractivity contribution in [2.45, 2.75) is 56.4 Å². The van der Waals surface area contributed by atoms with Crippen LogP contribution in [0.1, 0.15) is 60.6 Å². The zero-order valence-corrected chi connectivity index (χ0v) is 17.4. The molecule has 31 heavy (non-hydrogen) atoms. The molecular formula is C23H24N6O2. The van der Waals surface area contributed by atoms with E-state index in [0.29, 0.717) is 29.2 Å². The van der Waals surface area contributed by atoms with Crippen LogP contribution in [0, 0.1) is 18.8 Å². The molecule has 3 aromatic rings. The van der Waals surface area contributed by atoms with E-state index in [9.17, 15) is 4.79 Å². The first-order valence-corrected chi connectivity index (χ1v) is 10.9. The van der Waals surface area contributed by atoms with Crippen molar-refractivity contribution in [1.29, 1.82) is 0 Å². The molecule has 4 fully saturated rings. The van der Waals surface area contributed by atoms with Gasteiger partial charge in [0, 0.05) is 35.4 Å². The van der Waals surface area contributed by atoms with Crippen molar-refractivity contribution in [3.63, 3.8) is 0 Å². The van der Waals surface area contributed by atoms with E-state index >= 15 is 0 Å². The second kappa shape index (κ2) is 6.67. The molecule has 0 spiro atoms. The van der Waals surface area contributed by atoms with Crippen molar-refractivity contribution in [2.75, 3.05) is 0 Å². The molecule has 1 N–H and O–H groups in total. The van der Waals surface area contributed by atoms with Crippen molar-refractivity contribution in [3.8, 4) is 11.4 Å². The Morgan fingerprint density at radius 2 is 1.94 bits per heavy atom. The molecule has 8 heteroatoms. The number of hydrogen-bond acceptors (Lipinski definition) is 7. The molecule has 4 aliphatic rings. The van der Waals surface area contributed by atoms with Gasteiger partial charge in [0.2, 0.25) is 11.7 Å². The van der Waals surface area contributed by atoms with Gasteiger partial charge in [-0.3, -0.25) is 14.8 Å². The molecule has 0 saturated heterocycles. The third kappa shape index (κ3) is 3.12. The molecule has 0 radical (unpaired) electrons. The van der Waals surface area contributed by atoms with Gasteiger partial charge in [0.25, 0.3) is 5.91 Å². The van der Waals surface area contributed by atoms with Crippen molar-refractivity contribution < 1.29 is 9.32 Å². The maximum Gasteiger partial charge on any atom is 0.271 e. The number of carbonyl (C=O) groups is 1. The minimum absolute atomic E-state index is 0.151. The predicted octanol–water partition coefficient (Wildman–Crippen LogP) is 3.25. The summed E-state index contributed by atoms with van der Waals surface area (Å²) in [5.74, 6) is 2.24. The summed E-state index contributed by atoms with van der Waals surface area (Å²) < 4.78 is 5.84. The van der Waals surface area contributed by atoms with E-state index in [1.807, 2.05) is 19.1 Å². The van der Waals surface area contributed by atoms with E-state index in [0.717, 1.165) is 43.4 Å². The smallest absolute Gasteiger partial charge is 0.271 e. The van der Waals surface area contributed by atoms with Gasteiger partial charge in [-0.05, 0) is 69.4 Å². The van der Waals surface area contributed by atoms with Crippen molar-refractivity contribution in [2.24, 2.45) is 11.8 Å². The van der Waals surface area contributed by atoms with Gasteiger partial charge in [0.1, 0.15) is 5.69 Å². The molecule has 0 aromatic carbocycles. The van der Waals surface area contributed by atoms with E-state index in [2.05, 4.69) is 25.4 Å². The number of nitrogens with one attached hydrogen (secondary N) is 1. The minimum atomic E-state index is -0.251. The lowest BCUT2D eigenvalue weighted by atomic mass is 9.46. The number of amides is 1. The average molecular weight is 416 g/mol. The Labute approximate surface area is 179 Å². The quantitative estimate of drug-likeness (QED) is 0.696. The van der Waals surface area contributed by atoms with Crippen LogP contribution in [0.2, 0.25) is 0 Å². The fourth-order valence-electron chi connectivity index (χ4n) is 6.54. The molecule has 4 aliphatic carbocycles. The number of hydrogen-bond donors (Lipinski definition) is 1. The van der Waals surface area contributed by atoms with Gasteiger partial charge in [-0.2, -0.15) is 4.98 Å². The maximum absolute atomic E-state index is 12.9. The van der Waals surface area contributed by atoms with E-state index < -0.39 is 0 Å². The molecule has 2 atom stereocenters. The Kier molecular flexibility index (Phi) is 4.00. The molecule has 7 rings (SSSR count). The van der Waals surface area contributed by atoms with E-state index in [1.54, 1.807) is 18.6 Å². The van der Waals surface area contributed by atoms with Gasteiger partial charge in [0.05, 0.1) is 11.6 Å². The molecule has 158 valence electrons. The van der Waals surface area contributed by atoms with Crippen molar-refractivity contribution >= 4 is 5.91 Å². The molecule has 1 amide bonds. The number of carbonyl (C=O) groups excluding carboxylic acids is 1. The normalized spacial score (nSPS) is 31.0.